The van der Waals surface area contributed by atoms with Crippen molar-refractivity contribution in [3.05, 3.63) is 0 Å². The molecule has 88 valence electrons. The average Bonchev–Trinajstić information content (AvgIpc) is 2.26. The first-order valence-electron chi connectivity index (χ1n) is 5.54. The molecule has 0 radical (unpaired) electrons. The Morgan fingerprint density at radius 1 is 1.47 bits per heavy atom. The first kappa shape index (κ1) is 12.5. The molecule has 1 aliphatic rings. The number of nitrogens with zero attached hydrogens (tertiary/aromatic N) is 1. The summed E-state index contributed by atoms with van der Waals surface area (Å²) in [6, 6.07) is 0. The highest BCUT2D eigenvalue weighted by molar-refractivity contribution is 5.89. The maximum atomic E-state index is 6.01. The van der Waals surface area contributed by atoms with Crippen LogP contribution in [-0.2, 0) is 9.47 Å². The summed E-state index contributed by atoms with van der Waals surface area (Å²) in [6.07, 6.45) is 1.61. The summed E-state index contributed by atoms with van der Waals surface area (Å²) in [7, 11) is 1.70. The maximum Gasteiger partial charge on any atom is 0.129 e. The number of aliphatic imine (C=N–C) groups is 1. The van der Waals surface area contributed by atoms with Crippen LogP contribution in [0.1, 0.15) is 26.7 Å². The number of amidine groups is 1. The Morgan fingerprint density at radius 3 is 2.53 bits per heavy atom. The molecule has 0 spiro atoms. The third-order valence-electron chi connectivity index (χ3n) is 2.78. The van der Waals surface area contributed by atoms with E-state index in [4.69, 9.17) is 15.2 Å². The highest BCUT2D eigenvalue weighted by Crippen LogP contribution is 2.24. The minimum absolute atomic E-state index is 0.382. The number of methoxy groups -OCH3 is 1. The van der Waals surface area contributed by atoms with E-state index in [0.29, 0.717) is 25.0 Å². The predicted octanol–water partition coefficient (Wildman–Crippen LogP) is 1.20. The van der Waals surface area contributed by atoms with E-state index in [1.54, 1.807) is 7.11 Å². The molecule has 1 rings (SSSR count). The van der Waals surface area contributed by atoms with Gasteiger partial charge in [0.15, 0.2) is 0 Å². The molecule has 0 unspecified atom stereocenters. The predicted molar refractivity (Wildman–Crippen MR) is 61.1 cm³/mol. The zero-order chi connectivity index (χ0) is 11.3. The van der Waals surface area contributed by atoms with Gasteiger partial charge in [-0.2, -0.15) is 0 Å². The van der Waals surface area contributed by atoms with Gasteiger partial charge in [-0.15, -0.1) is 0 Å². The topological polar surface area (TPSA) is 56.8 Å². The van der Waals surface area contributed by atoms with Gasteiger partial charge in [0.25, 0.3) is 0 Å². The van der Waals surface area contributed by atoms with Gasteiger partial charge in [0.05, 0.1) is 0 Å². The van der Waals surface area contributed by atoms with E-state index >= 15 is 0 Å². The van der Waals surface area contributed by atoms with Gasteiger partial charge in [-0.1, -0.05) is 13.8 Å². The number of hydrogen-bond acceptors (Lipinski definition) is 3. The van der Waals surface area contributed by atoms with Gasteiger partial charge in [0, 0.05) is 39.7 Å². The van der Waals surface area contributed by atoms with Gasteiger partial charge in [-0.05, 0) is 5.92 Å². The van der Waals surface area contributed by atoms with Gasteiger partial charge >= 0.3 is 0 Å². The second-order valence-corrected chi connectivity index (χ2v) is 4.43. The average molecular weight is 214 g/mol. The van der Waals surface area contributed by atoms with Crippen LogP contribution >= 0.6 is 0 Å². The molecule has 4 heteroatoms. The van der Waals surface area contributed by atoms with Crippen molar-refractivity contribution in [3.63, 3.8) is 0 Å². The molecule has 0 aliphatic carbocycles. The highest BCUT2D eigenvalue weighted by Gasteiger charge is 2.36. The molecular formula is C11H22N2O2. The zero-order valence-corrected chi connectivity index (χ0v) is 9.95. The van der Waals surface area contributed by atoms with Crippen molar-refractivity contribution in [2.75, 3.05) is 26.9 Å². The van der Waals surface area contributed by atoms with E-state index in [1.807, 2.05) is 0 Å². The van der Waals surface area contributed by atoms with Crippen molar-refractivity contribution in [2.45, 2.75) is 32.3 Å². The van der Waals surface area contributed by atoms with Crippen LogP contribution in [0.25, 0.3) is 0 Å². The van der Waals surface area contributed by atoms with Crippen LogP contribution in [0, 0.1) is 5.92 Å². The van der Waals surface area contributed by atoms with Crippen molar-refractivity contribution >= 4 is 5.84 Å². The fourth-order valence-corrected chi connectivity index (χ4v) is 1.69. The van der Waals surface area contributed by atoms with Crippen molar-refractivity contribution in [1.82, 2.24) is 0 Å². The maximum absolute atomic E-state index is 6.01. The largest absolute Gasteiger partial charge is 0.385 e. The summed E-state index contributed by atoms with van der Waals surface area (Å²) in [6.45, 7) is 6.41. The Labute approximate surface area is 91.8 Å². The molecule has 0 aromatic heterocycles. The molecule has 15 heavy (non-hydrogen) atoms. The molecule has 0 bridgehead atoms. The lowest BCUT2D eigenvalue weighted by Crippen LogP contribution is -2.49. The monoisotopic (exact) mass is 214 g/mol. The molecule has 0 saturated carbocycles. The first-order chi connectivity index (χ1) is 7.10. The van der Waals surface area contributed by atoms with Crippen LogP contribution in [-0.4, -0.2) is 38.3 Å². The summed E-state index contributed by atoms with van der Waals surface area (Å²) < 4.78 is 10.8. The van der Waals surface area contributed by atoms with Gasteiger partial charge in [-0.25, -0.2) is 0 Å². The summed E-state index contributed by atoms with van der Waals surface area (Å²) in [5.41, 5.74) is 5.63. The molecule has 0 aromatic carbocycles. The molecule has 0 amide bonds. The van der Waals surface area contributed by atoms with Crippen LogP contribution in [0.3, 0.4) is 0 Å². The van der Waals surface area contributed by atoms with Crippen LogP contribution in [0.2, 0.25) is 0 Å². The third kappa shape index (κ3) is 3.18. The molecule has 0 atom stereocenters. The fourth-order valence-electron chi connectivity index (χ4n) is 1.69. The van der Waals surface area contributed by atoms with E-state index in [-0.39, 0.29) is 5.60 Å². The summed E-state index contributed by atoms with van der Waals surface area (Å²) >= 11 is 0. The highest BCUT2D eigenvalue weighted by atomic mass is 16.5. The normalized spacial score (nSPS) is 22.0. The van der Waals surface area contributed by atoms with Gasteiger partial charge in [0.2, 0.25) is 0 Å². The Kier molecular flexibility index (Phi) is 4.54. The zero-order valence-electron chi connectivity index (χ0n) is 9.95. The first-order valence-corrected chi connectivity index (χ1v) is 5.54. The van der Waals surface area contributed by atoms with Crippen molar-refractivity contribution in [3.8, 4) is 0 Å². The number of hydrogen-bond donors (Lipinski definition) is 1. The SMILES string of the molecule is COC1(C(N)=NCC(C)C)CCOCC1. The molecule has 4 nitrogen and oxygen atoms in total. The smallest absolute Gasteiger partial charge is 0.129 e. The van der Waals surface area contributed by atoms with Gasteiger partial charge in [0.1, 0.15) is 11.4 Å². The van der Waals surface area contributed by atoms with Crippen LogP contribution in [0.4, 0.5) is 0 Å². The van der Waals surface area contributed by atoms with E-state index in [0.717, 1.165) is 19.4 Å². The number of rotatable bonds is 4. The van der Waals surface area contributed by atoms with Crippen molar-refractivity contribution in [1.29, 1.82) is 0 Å². The van der Waals surface area contributed by atoms with E-state index < -0.39 is 0 Å². The Morgan fingerprint density at radius 2 is 2.07 bits per heavy atom. The van der Waals surface area contributed by atoms with Crippen molar-refractivity contribution < 1.29 is 9.47 Å². The third-order valence-corrected chi connectivity index (χ3v) is 2.78. The summed E-state index contributed by atoms with van der Waals surface area (Å²) in [4.78, 5) is 4.40. The fraction of sp³-hybridized carbons (Fsp3) is 0.909. The second kappa shape index (κ2) is 5.47. The van der Waals surface area contributed by atoms with Gasteiger partial charge in [-0.3, -0.25) is 4.99 Å². The van der Waals surface area contributed by atoms with Crippen molar-refractivity contribution in [2.24, 2.45) is 16.6 Å². The number of nitrogens with two attached hydrogens (primary N) is 1. The molecule has 1 fully saturated rings. The minimum atomic E-state index is -0.382. The minimum Gasteiger partial charge on any atom is -0.385 e. The van der Waals surface area contributed by atoms with Gasteiger partial charge < -0.3 is 15.2 Å². The molecule has 1 aliphatic heterocycles. The molecule has 1 saturated heterocycles. The lowest BCUT2D eigenvalue weighted by Gasteiger charge is -2.35. The quantitative estimate of drug-likeness (QED) is 0.565. The summed E-state index contributed by atoms with van der Waals surface area (Å²) in [5, 5.41) is 0. The van der Waals surface area contributed by atoms with Crippen LogP contribution in [0.15, 0.2) is 4.99 Å². The van der Waals surface area contributed by atoms with E-state index in [9.17, 15) is 0 Å². The lowest BCUT2D eigenvalue weighted by atomic mass is 9.92. The summed E-state index contributed by atoms with van der Waals surface area (Å²) in [5.74, 6) is 1.15. The standard InChI is InChI=1S/C11H22N2O2/c1-9(2)8-13-10(12)11(14-3)4-6-15-7-5-11/h9H,4-8H2,1-3H3,(H2,12,13). The second-order valence-electron chi connectivity index (χ2n) is 4.43. The Hall–Kier alpha value is -0.610. The Balaban J connectivity index is 2.67. The molecule has 1 heterocycles. The van der Waals surface area contributed by atoms with Crippen LogP contribution in [0.5, 0.6) is 0 Å². The molecular weight excluding hydrogens is 192 g/mol. The Bertz CT molecular complexity index is 221. The van der Waals surface area contributed by atoms with E-state index in [2.05, 4.69) is 18.8 Å². The lowest BCUT2D eigenvalue weighted by molar-refractivity contribution is -0.0468. The molecule has 2 N–H and O–H groups in total. The number of ether oxygens (including phenoxy) is 2. The van der Waals surface area contributed by atoms with E-state index in [1.165, 1.54) is 0 Å². The van der Waals surface area contributed by atoms with Crippen LogP contribution < -0.4 is 5.73 Å². The molecule has 0 aromatic rings.